The Kier molecular flexibility index (Phi) is 59.7. The normalized spacial score (nSPS) is 12.3. The lowest BCUT2D eigenvalue weighted by Crippen LogP contribution is -2.30. The van der Waals surface area contributed by atoms with Crippen LogP contribution in [-0.2, 0) is 28.6 Å². The van der Waals surface area contributed by atoms with E-state index in [2.05, 4.69) is 69.4 Å². The van der Waals surface area contributed by atoms with Gasteiger partial charge in [-0.3, -0.25) is 14.4 Å². The molecule has 6 nitrogen and oxygen atoms in total. The first-order valence-electron chi connectivity index (χ1n) is 32.1. The SMILES string of the molecule is CCCC/C=C\CCCCCCCC(=O)OCC(COC(=O)CCCCCCCCCCCCCCCCC/C=C\CCCCCCCCCC)OC(=O)CCCCCCCCC/C=C\C/C=C\CCCCC. The zero-order valence-corrected chi connectivity index (χ0v) is 48.9. The van der Waals surface area contributed by atoms with Gasteiger partial charge in [-0.05, 0) is 96.3 Å². The third-order valence-electron chi connectivity index (χ3n) is 14.3. The van der Waals surface area contributed by atoms with Crippen LogP contribution in [0, 0.1) is 0 Å². The Morgan fingerprint density at radius 1 is 0.274 bits per heavy atom. The summed E-state index contributed by atoms with van der Waals surface area (Å²) in [5, 5.41) is 0. The van der Waals surface area contributed by atoms with E-state index >= 15 is 0 Å². The number of esters is 3. The van der Waals surface area contributed by atoms with Gasteiger partial charge in [0.25, 0.3) is 0 Å². The van der Waals surface area contributed by atoms with Crippen molar-refractivity contribution in [1.82, 2.24) is 0 Å². The summed E-state index contributed by atoms with van der Waals surface area (Å²) in [7, 11) is 0. The molecule has 0 saturated carbocycles. The predicted octanol–water partition coefficient (Wildman–Crippen LogP) is 21.8. The highest BCUT2D eigenvalue weighted by Crippen LogP contribution is 2.17. The molecule has 0 aromatic rings. The Morgan fingerprint density at radius 2 is 0.507 bits per heavy atom. The number of ether oxygens (including phenoxy) is 3. The molecule has 73 heavy (non-hydrogen) atoms. The number of unbranched alkanes of at least 4 members (excludes halogenated alkanes) is 40. The molecule has 1 unspecified atom stereocenters. The average Bonchev–Trinajstić information content (AvgIpc) is 3.39. The van der Waals surface area contributed by atoms with E-state index in [4.69, 9.17) is 14.2 Å². The lowest BCUT2D eigenvalue weighted by molar-refractivity contribution is -0.167. The van der Waals surface area contributed by atoms with E-state index in [1.54, 1.807) is 0 Å². The van der Waals surface area contributed by atoms with Crippen molar-refractivity contribution < 1.29 is 28.6 Å². The molecule has 0 saturated heterocycles. The van der Waals surface area contributed by atoms with Crippen molar-refractivity contribution in [2.45, 2.75) is 348 Å². The van der Waals surface area contributed by atoms with Gasteiger partial charge in [0.2, 0.25) is 0 Å². The van der Waals surface area contributed by atoms with Crippen LogP contribution >= 0.6 is 0 Å². The van der Waals surface area contributed by atoms with Gasteiger partial charge in [-0.2, -0.15) is 0 Å². The summed E-state index contributed by atoms with van der Waals surface area (Å²) in [5.74, 6) is -0.878. The highest BCUT2D eigenvalue weighted by atomic mass is 16.6. The summed E-state index contributed by atoms with van der Waals surface area (Å²) in [4.78, 5) is 38.2. The van der Waals surface area contributed by atoms with Gasteiger partial charge in [-0.25, -0.2) is 0 Å². The van der Waals surface area contributed by atoms with E-state index in [1.165, 1.54) is 225 Å². The van der Waals surface area contributed by atoms with Gasteiger partial charge in [0.1, 0.15) is 13.2 Å². The van der Waals surface area contributed by atoms with Crippen molar-refractivity contribution in [3.8, 4) is 0 Å². The van der Waals surface area contributed by atoms with E-state index in [0.717, 1.165) is 77.0 Å². The summed E-state index contributed by atoms with van der Waals surface area (Å²) in [6, 6.07) is 0. The largest absolute Gasteiger partial charge is 0.462 e. The van der Waals surface area contributed by atoms with Crippen LogP contribution in [0.5, 0.6) is 0 Å². The first-order chi connectivity index (χ1) is 36.0. The molecule has 0 heterocycles. The lowest BCUT2D eigenvalue weighted by Gasteiger charge is -2.18. The quantitative estimate of drug-likeness (QED) is 0.0261. The molecule has 0 amide bonds. The number of hydrogen-bond donors (Lipinski definition) is 0. The third-order valence-corrected chi connectivity index (χ3v) is 14.3. The van der Waals surface area contributed by atoms with Crippen molar-refractivity contribution in [3.05, 3.63) is 48.6 Å². The van der Waals surface area contributed by atoms with Crippen LogP contribution in [0.3, 0.4) is 0 Å². The van der Waals surface area contributed by atoms with Crippen molar-refractivity contribution in [3.63, 3.8) is 0 Å². The first kappa shape index (κ1) is 70.4. The second-order valence-corrected chi connectivity index (χ2v) is 21.7. The molecule has 0 spiro atoms. The van der Waals surface area contributed by atoms with Gasteiger partial charge >= 0.3 is 17.9 Å². The molecule has 426 valence electrons. The Bertz CT molecular complexity index is 1270. The van der Waals surface area contributed by atoms with Gasteiger partial charge in [0.05, 0.1) is 0 Å². The molecule has 0 aromatic carbocycles. The van der Waals surface area contributed by atoms with Gasteiger partial charge in [0, 0.05) is 19.3 Å². The second kappa shape index (κ2) is 61.9. The molecule has 0 aliphatic heterocycles. The molecule has 0 aliphatic rings. The maximum atomic E-state index is 12.9. The van der Waals surface area contributed by atoms with Crippen LogP contribution in [0.1, 0.15) is 342 Å². The monoisotopic (exact) mass is 1020 g/mol. The summed E-state index contributed by atoms with van der Waals surface area (Å²) < 4.78 is 16.9. The van der Waals surface area contributed by atoms with E-state index in [1.807, 2.05) is 0 Å². The summed E-state index contributed by atoms with van der Waals surface area (Å²) >= 11 is 0. The molecular weight excluding hydrogens is 901 g/mol. The molecule has 0 rings (SSSR count). The van der Waals surface area contributed by atoms with Crippen molar-refractivity contribution in [1.29, 1.82) is 0 Å². The van der Waals surface area contributed by atoms with Crippen molar-refractivity contribution >= 4 is 17.9 Å². The van der Waals surface area contributed by atoms with Gasteiger partial charge in [0.15, 0.2) is 6.10 Å². The summed E-state index contributed by atoms with van der Waals surface area (Å²) in [5.41, 5.74) is 0. The van der Waals surface area contributed by atoms with Crippen LogP contribution in [-0.4, -0.2) is 37.2 Å². The van der Waals surface area contributed by atoms with E-state index in [9.17, 15) is 14.4 Å². The zero-order valence-electron chi connectivity index (χ0n) is 48.9. The average molecular weight is 1020 g/mol. The topological polar surface area (TPSA) is 78.9 Å². The molecule has 0 N–H and O–H groups in total. The second-order valence-electron chi connectivity index (χ2n) is 21.7. The third kappa shape index (κ3) is 60.1. The Morgan fingerprint density at radius 3 is 0.836 bits per heavy atom. The molecule has 0 fully saturated rings. The Hall–Kier alpha value is -2.63. The molecule has 0 radical (unpaired) electrons. The maximum Gasteiger partial charge on any atom is 0.306 e. The minimum absolute atomic E-state index is 0.0764. The number of hydrogen-bond acceptors (Lipinski definition) is 6. The fraction of sp³-hybridized carbons (Fsp3) is 0.836. The molecule has 6 heteroatoms. The van der Waals surface area contributed by atoms with E-state index in [-0.39, 0.29) is 31.1 Å². The van der Waals surface area contributed by atoms with E-state index in [0.29, 0.717) is 19.3 Å². The molecule has 0 aromatic heterocycles. The highest BCUT2D eigenvalue weighted by molar-refractivity contribution is 5.71. The number of carbonyl (C=O) groups excluding carboxylic acids is 3. The zero-order chi connectivity index (χ0) is 52.9. The Balaban J connectivity index is 4.19. The minimum Gasteiger partial charge on any atom is -0.462 e. The predicted molar refractivity (Wildman–Crippen MR) is 316 cm³/mol. The van der Waals surface area contributed by atoms with Crippen LogP contribution in [0.2, 0.25) is 0 Å². The molecular formula is C67H122O6. The van der Waals surface area contributed by atoms with Crippen LogP contribution < -0.4 is 0 Å². The number of carbonyl (C=O) groups is 3. The highest BCUT2D eigenvalue weighted by Gasteiger charge is 2.19. The number of allylic oxidation sites excluding steroid dienone is 8. The first-order valence-corrected chi connectivity index (χ1v) is 32.1. The fourth-order valence-corrected chi connectivity index (χ4v) is 9.39. The van der Waals surface area contributed by atoms with Crippen molar-refractivity contribution in [2.75, 3.05) is 13.2 Å². The summed E-state index contributed by atoms with van der Waals surface area (Å²) in [6.45, 7) is 6.61. The van der Waals surface area contributed by atoms with Gasteiger partial charge in [-0.1, -0.05) is 275 Å². The smallest absolute Gasteiger partial charge is 0.306 e. The molecule has 0 bridgehead atoms. The summed E-state index contributed by atoms with van der Waals surface area (Å²) in [6.07, 6.45) is 77.0. The molecule has 1 atom stereocenters. The van der Waals surface area contributed by atoms with Crippen LogP contribution in [0.25, 0.3) is 0 Å². The molecule has 0 aliphatic carbocycles. The maximum absolute atomic E-state index is 12.9. The Labute approximate surface area is 454 Å². The van der Waals surface area contributed by atoms with Crippen molar-refractivity contribution in [2.24, 2.45) is 0 Å². The van der Waals surface area contributed by atoms with Crippen LogP contribution in [0.4, 0.5) is 0 Å². The van der Waals surface area contributed by atoms with Crippen LogP contribution in [0.15, 0.2) is 48.6 Å². The van der Waals surface area contributed by atoms with Gasteiger partial charge < -0.3 is 14.2 Å². The minimum atomic E-state index is -0.779. The fourth-order valence-electron chi connectivity index (χ4n) is 9.39. The lowest BCUT2D eigenvalue weighted by atomic mass is 10.0. The number of rotatable bonds is 59. The van der Waals surface area contributed by atoms with E-state index < -0.39 is 6.10 Å². The van der Waals surface area contributed by atoms with Gasteiger partial charge in [-0.15, -0.1) is 0 Å². The standard InChI is InChI=1S/C67H122O6/c1-4-7-10-13-16-19-22-24-26-28-29-30-31-32-33-34-35-36-37-39-40-42-45-48-51-54-57-60-66(69)72-63-64(62-71-65(68)59-56-53-50-47-44-21-18-15-12-9-6-3)73-67(70)61-58-55-52-49-46-43-41-38-27-25-23-20-17-14-11-8-5-2/h15,17-18,20,25,27-29,64H,4-14,16,19,21-24,26,30-63H2,1-3H3/b18-15-,20-17-,27-25-,29-28-.